The summed E-state index contributed by atoms with van der Waals surface area (Å²) in [6.07, 6.45) is -9.48. The van der Waals surface area contributed by atoms with Gasteiger partial charge in [0.1, 0.15) is 5.52 Å². The Morgan fingerprint density at radius 1 is 1.03 bits per heavy atom. The second-order valence-electron chi connectivity index (χ2n) is 6.40. The minimum absolute atomic E-state index is 0.0221. The van der Waals surface area contributed by atoms with Crippen molar-refractivity contribution < 1.29 is 26.3 Å². The largest absolute Gasteiger partial charge is 0.491 e. The zero-order valence-electron chi connectivity index (χ0n) is 15.5. The fourth-order valence-corrected chi connectivity index (χ4v) is 5.58. The average Bonchev–Trinajstić information content (AvgIpc) is 3.19. The lowest BCUT2D eigenvalue weighted by molar-refractivity contribution is -0.200. The molecule has 0 amide bonds. The third-order valence-electron chi connectivity index (χ3n) is 4.37. The van der Waals surface area contributed by atoms with Crippen molar-refractivity contribution in [1.82, 2.24) is 14.5 Å². The normalized spacial score (nSPS) is 12.9. The van der Waals surface area contributed by atoms with E-state index in [0.717, 1.165) is 29.2 Å². The topological polar surface area (TPSA) is 30.7 Å². The van der Waals surface area contributed by atoms with Gasteiger partial charge in [-0.1, -0.05) is 13.0 Å². The molecule has 3 aromatic heterocycles. The Bertz CT molecular complexity index is 1250. The van der Waals surface area contributed by atoms with Gasteiger partial charge in [0.2, 0.25) is 0 Å². The average molecular weight is 461 g/mol. The van der Waals surface area contributed by atoms with E-state index in [4.69, 9.17) is 0 Å². The number of fused-ring (bicyclic) bond motifs is 2. The van der Waals surface area contributed by atoms with Gasteiger partial charge in [0.15, 0.2) is 11.5 Å². The molecule has 4 rings (SSSR count). The molecular weight excluding hydrogens is 448 g/mol. The zero-order valence-corrected chi connectivity index (χ0v) is 17.2. The number of alkyl halides is 6. The number of thiophene rings is 1. The number of rotatable bonds is 3. The van der Waals surface area contributed by atoms with Gasteiger partial charge in [0.25, 0.3) is 0 Å². The van der Waals surface area contributed by atoms with E-state index in [9.17, 15) is 26.3 Å². The molecule has 0 aliphatic heterocycles. The summed E-state index contributed by atoms with van der Waals surface area (Å²) in [6.45, 7) is 3.28. The Balaban J connectivity index is 2.12. The van der Waals surface area contributed by atoms with E-state index in [1.807, 2.05) is 0 Å². The molecule has 0 unspecified atom stereocenters. The van der Waals surface area contributed by atoms with Crippen LogP contribution in [-0.4, -0.2) is 20.3 Å². The van der Waals surface area contributed by atoms with Crippen LogP contribution < -0.4 is 0 Å². The number of halogens is 6. The first-order valence-electron chi connectivity index (χ1n) is 8.71. The van der Waals surface area contributed by atoms with Crippen molar-refractivity contribution in [2.45, 2.75) is 31.2 Å². The second kappa shape index (κ2) is 7.16. The van der Waals surface area contributed by atoms with Crippen molar-refractivity contribution in [3.63, 3.8) is 0 Å². The molecule has 158 valence electrons. The molecule has 4 aromatic rings. The maximum atomic E-state index is 14.0. The lowest BCUT2D eigenvalue weighted by Gasteiger charge is -2.13. The van der Waals surface area contributed by atoms with E-state index in [1.165, 1.54) is 24.3 Å². The molecule has 0 aliphatic rings. The van der Waals surface area contributed by atoms with Crippen LogP contribution in [0, 0.1) is 6.92 Å². The summed E-state index contributed by atoms with van der Waals surface area (Å²) in [5, 5.41) is -0.0956. The summed E-state index contributed by atoms with van der Waals surface area (Å²) in [5.41, 5.74) is -0.854. The number of hydrogen-bond acceptors (Lipinski definition) is 4. The van der Waals surface area contributed by atoms with Crippen molar-refractivity contribution in [2.75, 3.05) is 5.75 Å². The van der Waals surface area contributed by atoms with Gasteiger partial charge in [-0.25, -0.2) is 14.5 Å². The highest BCUT2D eigenvalue weighted by Crippen LogP contribution is 2.49. The Morgan fingerprint density at radius 3 is 2.40 bits per heavy atom. The van der Waals surface area contributed by atoms with Gasteiger partial charge in [-0.05, 0) is 36.9 Å². The molecule has 0 N–H and O–H groups in total. The standard InChI is InChI=1S/C19H13F6N3S2/c1-3-29-14-13-10(18(20,21)22)5-4-6-12(13)30-15(14)17-27-11-8-7-9(2)26-16(11)28(17)19(23,24)25/h4-8H,3H2,1-2H3. The van der Waals surface area contributed by atoms with Crippen LogP contribution in [0.1, 0.15) is 18.2 Å². The minimum atomic E-state index is -4.85. The van der Waals surface area contributed by atoms with Crippen molar-refractivity contribution >= 4 is 44.3 Å². The van der Waals surface area contributed by atoms with Crippen LogP contribution in [0.2, 0.25) is 0 Å². The Kier molecular flexibility index (Phi) is 5.00. The molecule has 0 radical (unpaired) electrons. The van der Waals surface area contributed by atoms with Gasteiger partial charge in [-0.15, -0.1) is 36.3 Å². The molecular formula is C19H13F6N3S2. The van der Waals surface area contributed by atoms with Crippen LogP contribution in [0.5, 0.6) is 0 Å². The van der Waals surface area contributed by atoms with Gasteiger partial charge in [-0.2, -0.15) is 13.2 Å². The van der Waals surface area contributed by atoms with Crippen molar-refractivity contribution in [3.8, 4) is 10.7 Å². The van der Waals surface area contributed by atoms with Gasteiger partial charge in [0.05, 0.1) is 10.4 Å². The highest BCUT2D eigenvalue weighted by molar-refractivity contribution is 7.99. The predicted molar refractivity (Wildman–Crippen MR) is 106 cm³/mol. The van der Waals surface area contributed by atoms with Crippen molar-refractivity contribution in [2.24, 2.45) is 0 Å². The van der Waals surface area contributed by atoms with E-state index in [1.54, 1.807) is 13.8 Å². The zero-order chi connectivity index (χ0) is 21.8. The Hall–Kier alpha value is -2.27. The summed E-state index contributed by atoms with van der Waals surface area (Å²) >= 11 is 1.93. The molecule has 0 aliphatic carbocycles. The SMILES string of the molecule is CCSc1c(-c2nc3ccc(C)nc3n2C(F)(F)F)sc2cccc(C(F)(F)F)c12. The first-order valence-corrected chi connectivity index (χ1v) is 10.5. The lowest BCUT2D eigenvalue weighted by atomic mass is 10.1. The lowest BCUT2D eigenvalue weighted by Crippen LogP contribution is -2.18. The van der Waals surface area contributed by atoms with Crippen LogP contribution in [0.3, 0.4) is 0 Å². The first kappa shape index (κ1) is 21.0. The van der Waals surface area contributed by atoms with E-state index in [-0.39, 0.29) is 35.6 Å². The smallest absolute Gasteiger partial charge is 0.233 e. The Morgan fingerprint density at radius 2 is 1.77 bits per heavy atom. The number of imidazole rings is 1. The molecule has 0 saturated heterocycles. The van der Waals surface area contributed by atoms with Crippen LogP contribution in [0.15, 0.2) is 35.2 Å². The fourth-order valence-electron chi connectivity index (χ4n) is 3.23. The summed E-state index contributed by atoms with van der Waals surface area (Å²) in [4.78, 5) is 8.27. The molecule has 3 heterocycles. The van der Waals surface area contributed by atoms with Crippen molar-refractivity contribution in [1.29, 1.82) is 0 Å². The number of benzene rings is 1. The maximum Gasteiger partial charge on any atom is 0.491 e. The van der Waals surface area contributed by atoms with Gasteiger partial charge in [-0.3, -0.25) is 0 Å². The summed E-state index contributed by atoms with van der Waals surface area (Å²) in [7, 11) is 0. The molecule has 30 heavy (non-hydrogen) atoms. The highest BCUT2D eigenvalue weighted by Gasteiger charge is 2.39. The van der Waals surface area contributed by atoms with E-state index in [0.29, 0.717) is 11.4 Å². The predicted octanol–water partition coefficient (Wildman–Crippen LogP) is 7.23. The summed E-state index contributed by atoms with van der Waals surface area (Å²) < 4.78 is 83.1. The third-order valence-corrected chi connectivity index (χ3v) is 6.63. The van der Waals surface area contributed by atoms with E-state index in [2.05, 4.69) is 9.97 Å². The van der Waals surface area contributed by atoms with Gasteiger partial charge < -0.3 is 0 Å². The number of thioether (sulfide) groups is 1. The summed E-state index contributed by atoms with van der Waals surface area (Å²) in [5.74, 6) is -0.0740. The van der Waals surface area contributed by atoms with Gasteiger partial charge >= 0.3 is 12.5 Å². The maximum absolute atomic E-state index is 14.0. The molecule has 0 spiro atoms. The number of pyridine rings is 1. The van der Waals surface area contributed by atoms with Crippen LogP contribution in [0.25, 0.3) is 32.0 Å². The monoisotopic (exact) mass is 461 g/mol. The van der Waals surface area contributed by atoms with E-state index < -0.39 is 23.9 Å². The summed E-state index contributed by atoms with van der Waals surface area (Å²) in [6, 6.07) is 6.62. The van der Waals surface area contributed by atoms with E-state index >= 15 is 0 Å². The Labute approximate surface area is 174 Å². The molecule has 0 bridgehead atoms. The molecule has 0 saturated carbocycles. The number of hydrogen-bond donors (Lipinski definition) is 0. The fraction of sp³-hybridized carbons (Fsp3) is 0.263. The second-order valence-corrected chi connectivity index (χ2v) is 8.73. The highest BCUT2D eigenvalue weighted by atomic mass is 32.2. The van der Waals surface area contributed by atoms with Gasteiger partial charge in [0, 0.05) is 20.7 Å². The van der Waals surface area contributed by atoms with Crippen LogP contribution in [-0.2, 0) is 12.5 Å². The molecule has 1 aromatic carbocycles. The quantitative estimate of drug-likeness (QED) is 0.238. The number of aryl methyl sites for hydroxylation is 1. The molecule has 11 heteroatoms. The number of aromatic nitrogens is 3. The third kappa shape index (κ3) is 3.43. The van der Waals surface area contributed by atoms with Crippen LogP contribution in [0.4, 0.5) is 26.3 Å². The first-order chi connectivity index (χ1) is 14.0. The molecule has 3 nitrogen and oxygen atoms in total. The van der Waals surface area contributed by atoms with Crippen molar-refractivity contribution in [3.05, 3.63) is 41.6 Å². The molecule has 0 atom stereocenters. The minimum Gasteiger partial charge on any atom is -0.233 e. The van der Waals surface area contributed by atoms with Crippen LogP contribution >= 0.6 is 23.1 Å². The molecule has 0 fully saturated rings. The number of nitrogens with zero attached hydrogens (tertiary/aromatic N) is 3.